The van der Waals surface area contributed by atoms with Crippen molar-refractivity contribution >= 4 is 16.0 Å². The van der Waals surface area contributed by atoms with Gasteiger partial charge in [0.05, 0.1) is 11.3 Å². The molecule has 0 atom stereocenters. The van der Waals surface area contributed by atoms with Gasteiger partial charge in [-0.3, -0.25) is 0 Å². The molecule has 0 radical (unpaired) electrons. The Bertz CT molecular complexity index is 563. The van der Waals surface area contributed by atoms with E-state index in [2.05, 4.69) is 0 Å². The molecule has 0 aromatic heterocycles. The SMILES string of the molecule is CN(C1CC1)S(=O)(=O)Cc1cccc(C(=O)O)c1. The summed E-state index contributed by atoms with van der Waals surface area (Å²) in [5, 5.41) is 8.86. The topological polar surface area (TPSA) is 74.7 Å². The molecule has 18 heavy (non-hydrogen) atoms. The second-order valence-electron chi connectivity index (χ2n) is 4.51. The van der Waals surface area contributed by atoms with Crippen molar-refractivity contribution in [2.45, 2.75) is 24.6 Å². The molecule has 2 rings (SSSR count). The van der Waals surface area contributed by atoms with Crippen LogP contribution in [0.2, 0.25) is 0 Å². The Kier molecular flexibility index (Phi) is 3.41. The summed E-state index contributed by atoms with van der Waals surface area (Å²) < 4.78 is 25.5. The van der Waals surface area contributed by atoms with E-state index in [9.17, 15) is 13.2 Å². The summed E-state index contributed by atoms with van der Waals surface area (Å²) >= 11 is 0. The molecule has 6 heteroatoms. The smallest absolute Gasteiger partial charge is 0.335 e. The lowest BCUT2D eigenvalue weighted by Gasteiger charge is -2.16. The van der Waals surface area contributed by atoms with Crippen LogP contribution in [0.3, 0.4) is 0 Å². The number of carbonyl (C=O) groups is 1. The molecule has 0 aliphatic heterocycles. The van der Waals surface area contributed by atoms with Gasteiger partial charge < -0.3 is 5.11 Å². The first-order valence-electron chi connectivity index (χ1n) is 5.68. The summed E-state index contributed by atoms with van der Waals surface area (Å²) in [4.78, 5) is 10.8. The number of hydrogen-bond acceptors (Lipinski definition) is 3. The first-order valence-corrected chi connectivity index (χ1v) is 7.29. The van der Waals surface area contributed by atoms with Crippen LogP contribution < -0.4 is 0 Å². The van der Waals surface area contributed by atoms with E-state index in [1.165, 1.54) is 16.4 Å². The van der Waals surface area contributed by atoms with Gasteiger partial charge in [0, 0.05) is 13.1 Å². The van der Waals surface area contributed by atoms with Gasteiger partial charge in [0.2, 0.25) is 10.0 Å². The Morgan fingerprint density at radius 2 is 2.11 bits per heavy atom. The molecule has 0 amide bonds. The van der Waals surface area contributed by atoms with E-state index in [-0.39, 0.29) is 17.4 Å². The van der Waals surface area contributed by atoms with E-state index in [1.54, 1.807) is 19.2 Å². The van der Waals surface area contributed by atoms with Crippen molar-refractivity contribution in [1.29, 1.82) is 0 Å². The van der Waals surface area contributed by atoms with Crippen LogP contribution in [0, 0.1) is 0 Å². The fourth-order valence-corrected chi connectivity index (χ4v) is 3.24. The molecule has 0 bridgehead atoms. The minimum Gasteiger partial charge on any atom is -0.478 e. The molecule has 1 fully saturated rings. The molecule has 1 aliphatic carbocycles. The van der Waals surface area contributed by atoms with Gasteiger partial charge in [0.25, 0.3) is 0 Å². The maximum Gasteiger partial charge on any atom is 0.335 e. The standard InChI is InChI=1S/C12H15NO4S/c1-13(11-5-6-11)18(16,17)8-9-3-2-4-10(7-9)12(14)15/h2-4,7,11H,5-6,8H2,1H3,(H,14,15). The van der Waals surface area contributed by atoms with Crippen LogP contribution in [0.1, 0.15) is 28.8 Å². The minimum absolute atomic E-state index is 0.108. The second kappa shape index (κ2) is 4.70. The average molecular weight is 269 g/mol. The van der Waals surface area contributed by atoms with E-state index in [0.717, 1.165) is 12.8 Å². The van der Waals surface area contributed by atoms with Gasteiger partial charge in [-0.25, -0.2) is 17.5 Å². The first-order chi connectivity index (χ1) is 8.40. The summed E-state index contributed by atoms with van der Waals surface area (Å²) in [6, 6.07) is 6.16. The van der Waals surface area contributed by atoms with Gasteiger partial charge >= 0.3 is 5.97 Å². The van der Waals surface area contributed by atoms with Gasteiger partial charge in [-0.05, 0) is 30.5 Å². The summed E-state index contributed by atoms with van der Waals surface area (Å²) in [6.07, 6.45) is 1.82. The molecule has 5 nitrogen and oxygen atoms in total. The third-order valence-corrected chi connectivity index (χ3v) is 4.90. The van der Waals surface area contributed by atoms with Crippen LogP contribution in [0.4, 0.5) is 0 Å². The normalized spacial score (nSPS) is 15.9. The second-order valence-corrected chi connectivity index (χ2v) is 6.54. The number of carboxylic acid groups (broad SMARTS) is 1. The third kappa shape index (κ3) is 2.88. The van der Waals surface area contributed by atoms with Crippen molar-refractivity contribution < 1.29 is 18.3 Å². The molecule has 0 spiro atoms. The number of sulfonamides is 1. The number of nitrogens with zero attached hydrogens (tertiary/aromatic N) is 1. The van der Waals surface area contributed by atoms with Gasteiger partial charge in [-0.2, -0.15) is 0 Å². The van der Waals surface area contributed by atoms with E-state index in [0.29, 0.717) is 5.56 Å². The number of aromatic carboxylic acids is 1. The molecule has 0 unspecified atom stereocenters. The Balaban J connectivity index is 2.18. The lowest BCUT2D eigenvalue weighted by Crippen LogP contribution is -2.30. The highest BCUT2D eigenvalue weighted by atomic mass is 32.2. The summed E-state index contributed by atoms with van der Waals surface area (Å²) in [5.41, 5.74) is 0.610. The number of carboxylic acids is 1. The highest BCUT2D eigenvalue weighted by Gasteiger charge is 2.33. The van der Waals surface area contributed by atoms with Crippen molar-refractivity contribution in [1.82, 2.24) is 4.31 Å². The van der Waals surface area contributed by atoms with E-state index in [1.807, 2.05) is 0 Å². The lowest BCUT2D eigenvalue weighted by molar-refractivity contribution is 0.0696. The van der Waals surface area contributed by atoms with Crippen LogP contribution in [-0.4, -0.2) is 36.9 Å². The zero-order valence-corrected chi connectivity index (χ0v) is 10.9. The molecule has 1 N–H and O–H groups in total. The van der Waals surface area contributed by atoms with Crippen LogP contribution in [0.5, 0.6) is 0 Å². The van der Waals surface area contributed by atoms with Crippen molar-refractivity contribution in [2.75, 3.05) is 7.05 Å². The van der Waals surface area contributed by atoms with Crippen molar-refractivity contribution in [3.63, 3.8) is 0 Å². The highest BCUT2D eigenvalue weighted by molar-refractivity contribution is 7.88. The molecule has 1 aromatic carbocycles. The minimum atomic E-state index is -3.35. The van der Waals surface area contributed by atoms with Crippen molar-refractivity contribution in [3.8, 4) is 0 Å². The van der Waals surface area contributed by atoms with E-state index in [4.69, 9.17) is 5.11 Å². The Morgan fingerprint density at radius 1 is 1.44 bits per heavy atom. The number of rotatable bonds is 5. The zero-order chi connectivity index (χ0) is 13.3. The van der Waals surface area contributed by atoms with Crippen molar-refractivity contribution in [2.24, 2.45) is 0 Å². The number of benzene rings is 1. The van der Waals surface area contributed by atoms with Gasteiger partial charge in [-0.1, -0.05) is 12.1 Å². The van der Waals surface area contributed by atoms with Gasteiger partial charge in [0.15, 0.2) is 0 Å². The summed E-state index contributed by atoms with van der Waals surface area (Å²) in [6.45, 7) is 0. The maximum atomic E-state index is 12.0. The van der Waals surface area contributed by atoms with Crippen molar-refractivity contribution in [3.05, 3.63) is 35.4 Å². The van der Waals surface area contributed by atoms with Crippen LogP contribution in [0.25, 0.3) is 0 Å². The van der Waals surface area contributed by atoms with Crippen LogP contribution >= 0.6 is 0 Å². The van der Waals surface area contributed by atoms with Crippen LogP contribution in [0.15, 0.2) is 24.3 Å². The molecule has 1 aromatic rings. The molecule has 0 saturated heterocycles. The quantitative estimate of drug-likeness (QED) is 0.874. The molecular formula is C12H15NO4S. The van der Waals surface area contributed by atoms with E-state index < -0.39 is 16.0 Å². The summed E-state index contributed by atoms with van der Waals surface area (Å²) in [7, 11) is -1.77. The largest absolute Gasteiger partial charge is 0.478 e. The highest BCUT2D eigenvalue weighted by Crippen LogP contribution is 2.28. The number of hydrogen-bond donors (Lipinski definition) is 1. The lowest BCUT2D eigenvalue weighted by atomic mass is 10.1. The third-order valence-electron chi connectivity index (χ3n) is 3.02. The predicted molar refractivity (Wildman–Crippen MR) is 66.8 cm³/mol. The average Bonchev–Trinajstić information content (AvgIpc) is 3.11. The molecule has 1 aliphatic rings. The monoisotopic (exact) mass is 269 g/mol. The predicted octanol–water partition coefficient (Wildman–Crippen LogP) is 1.31. The maximum absolute atomic E-state index is 12.0. The van der Waals surface area contributed by atoms with Gasteiger partial charge in [0.1, 0.15) is 0 Å². The zero-order valence-electron chi connectivity index (χ0n) is 10.0. The fourth-order valence-electron chi connectivity index (χ4n) is 1.77. The molecule has 98 valence electrons. The Hall–Kier alpha value is -1.40. The first kappa shape index (κ1) is 13.0. The fraction of sp³-hybridized carbons (Fsp3) is 0.417. The van der Waals surface area contributed by atoms with E-state index >= 15 is 0 Å². The molecule has 0 heterocycles. The molecular weight excluding hydrogens is 254 g/mol. The summed E-state index contributed by atoms with van der Waals surface area (Å²) in [5.74, 6) is -1.20. The Morgan fingerprint density at radius 3 is 2.67 bits per heavy atom. The Labute approximate surface area is 106 Å². The van der Waals surface area contributed by atoms with Crippen LogP contribution in [-0.2, 0) is 15.8 Å². The molecule has 1 saturated carbocycles. The van der Waals surface area contributed by atoms with Gasteiger partial charge in [-0.15, -0.1) is 0 Å².